The van der Waals surface area contributed by atoms with Gasteiger partial charge in [0.2, 0.25) is 0 Å². The third-order valence-electron chi connectivity index (χ3n) is 11.5. The number of hydrogen-bond acceptors (Lipinski definition) is 2. The van der Waals surface area contributed by atoms with Crippen molar-refractivity contribution in [2.45, 2.75) is 6.54 Å². The minimum atomic E-state index is 0.657. The Morgan fingerprint density at radius 3 is 1.79 bits per heavy atom. The Balaban J connectivity index is 1.04. The molecule has 0 aliphatic rings. The lowest BCUT2D eigenvalue weighted by Crippen LogP contribution is -2.17. The number of hydrogen-bond donors (Lipinski definition) is 0. The van der Waals surface area contributed by atoms with Gasteiger partial charge in [-0.2, -0.15) is 0 Å². The molecule has 0 N–H and O–H groups in total. The summed E-state index contributed by atoms with van der Waals surface area (Å²) in [6, 6.07) is 76.7. The fourth-order valence-electron chi connectivity index (χ4n) is 8.68. The highest BCUT2D eigenvalue weighted by Gasteiger charge is 2.19. The summed E-state index contributed by atoms with van der Waals surface area (Å²) in [6.45, 7) is 0.657. The Bertz CT molecular complexity index is 3280. The van der Waals surface area contributed by atoms with Crippen LogP contribution in [0.1, 0.15) is 5.56 Å². The van der Waals surface area contributed by atoms with Gasteiger partial charge in [0.05, 0.1) is 0 Å². The van der Waals surface area contributed by atoms with E-state index in [2.05, 4.69) is 217 Å². The molecule has 2 nitrogen and oxygen atoms in total. The molecule has 0 saturated carbocycles. The maximum Gasteiger partial charge on any atom is 0.143 e. The SMILES string of the molecule is c1cc(-c2cccc3ccccc23)cc(N(Cc2ccccc2-c2cccc3c2oc2c4ccccc4ccc32)c2ccc(-c3ccc4ccccc4c3)cc2)c1. The molecule has 11 rings (SSSR count). The molecule has 268 valence electrons. The molecule has 0 fully saturated rings. The first kappa shape index (κ1) is 33.0. The molecule has 0 saturated heterocycles. The van der Waals surface area contributed by atoms with Crippen LogP contribution in [-0.4, -0.2) is 0 Å². The summed E-state index contributed by atoms with van der Waals surface area (Å²) in [5.41, 5.74) is 12.4. The largest absolute Gasteiger partial charge is 0.455 e. The summed E-state index contributed by atoms with van der Waals surface area (Å²) >= 11 is 0. The molecule has 0 aliphatic carbocycles. The van der Waals surface area contributed by atoms with Gasteiger partial charge in [0.25, 0.3) is 0 Å². The van der Waals surface area contributed by atoms with Crippen LogP contribution in [0.2, 0.25) is 0 Å². The maximum atomic E-state index is 6.85. The molecule has 1 aromatic heterocycles. The van der Waals surface area contributed by atoms with Gasteiger partial charge in [-0.1, -0.05) is 176 Å². The van der Waals surface area contributed by atoms with Crippen LogP contribution < -0.4 is 4.90 Å². The Morgan fingerprint density at radius 1 is 0.316 bits per heavy atom. The van der Waals surface area contributed by atoms with Crippen LogP contribution in [0.3, 0.4) is 0 Å². The van der Waals surface area contributed by atoms with Crippen LogP contribution in [0.15, 0.2) is 217 Å². The molecule has 0 spiro atoms. The predicted molar refractivity (Wildman–Crippen MR) is 241 cm³/mol. The van der Waals surface area contributed by atoms with Crippen molar-refractivity contribution < 1.29 is 4.42 Å². The van der Waals surface area contributed by atoms with E-state index >= 15 is 0 Å². The summed E-state index contributed by atoms with van der Waals surface area (Å²) < 4.78 is 6.85. The highest BCUT2D eigenvalue weighted by Crippen LogP contribution is 2.41. The lowest BCUT2D eigenvalue weighted by Gasteiger charge is -2.27. The van der Waals surface area contributed by atoms with Crippen molar-refractivity contribution in [3.05, 3.63) is 218 Å². The molecule has 0 bridgehead atoms. The van der Waals surface area contributed by atoms with E-state index in [4.69, 9.17) is 4.42 Å². The molecule has 1 heterocycles. The fraction of sp³-hybridized carbons (Fsp3) is 0.0182. The molecule has 0 aliphatic heterocycles. The summed E-state index contributed by atoms with van der Waals surface area (Å²) in [6.07, 6.45) is 0. The van der Waals surface area contributed by atoms with E-state index in [1.54, 1.807) is 0 Å². The molecule has 0 unspecified atom stereocenters. The van der Waals surface area contributed by atoms with Crippen molar-refractivity contribution in [1.29, 1.82) is 0 Å². The number of para-hydroxylation sites is 1. The highest BCUT2D eigenvalue weighted by molar-refractivity contribution is 6.17. The molecule has 10 aromatic carbocycles. The Labute approximate surface area is 331 Å². The van der Waals surface area contributed by atoms with Crippen molar-refractivity contribution in [3.63, 3.8) is 0 Å². The molecule has 57 heavy (non-hydrogen) atoms. The third-order valence-corrected chi connectivity index (χ3v) is 11.5. The summed E-state index contributed by atoms with van der Waals surface area (Å²) in [7, 11) is 0. The van der Waals surface area contributed by atoms with E-state index in [0.29, 0.717) is 6.54 Å². The number of nitrogens with zero attached hydrogens (tertiary/aromatic N) is 1. The standard InChI is InChI=1S/C55H37NO/c1-2-15-41-34-42(27-26-37(41)12-1)38-28-31-45(32-29-38)56(46-19-9-18-43(35-46)48-23-10-17-39-13-3-6-20-47(39)48)36-44-16-5-7-21-49(44)51-24-11-25-52-53-33-30-40-14-4-8-22-50(40)54(53)57-55(51)52/h1-35H,36H2. The van der Waals surface area contributed by atoms with Crippen molar-refractivity contribution >= 4 is 65.6 Å². The van der Waals surface area contributed by atoms with E-state index in [1.165, 1.54) is 54.7 Å². The number of benzene rings is 10. The van der Waals surface area contributed by atoms with Crippen LogP contribution >= 0.6 is 0 Å². The number of furan rings is 1. The van der Waals surface area contributed by atoms with Crippen molar-refractivity contribution in [3.8, 4) is 33.4 Å². The number of rotatable bonds is 7. The molecule has 0 radical (unpaired) electrons. The first-order chi connectivity index (χ1) is 28.2. The lowest BCUT2D eigenvalue weighted by atomic mass is 9.96. The smallest absolute Gasteiger partial charge is 0.143 e. The van der Waals surface area contributed by atoms with E-state index in [1.807, 2.05) is 0 Å². The quantitative estimate of drug-likeness (QED) is 0.163. The first-order valence-corrected chi connectivity index (χ1v) is 19.6. The molecule has 11 aromatic rings. The third kappa shape index (κ3) is 5.82. The minimum Gasteiger partial charge on any atom is -0.455 e. The average molecular weight is 728 g/mol. The molecular weight excluding hydrogens is 691 g/mol. The van der Waals surface area contributed by atoms with Crippen LogP contribution in [0, 0.1) is 0 Å². The van der Waals surface area contributed by atoms with Gasteiger partial charge < -0.3 is 9.32 Å². The van der Waals surface area contributed by atoms with Gasteiger partial charge in [-0.25, -0.2) is 0 Å². The highest BCUT2D eigenvalue weighted by atomic mass is 16.3. The molecule has 0 atom stereocenters. The van der Waals surface area contributed by atoms with Crippen LogP contribution in [0.4, 0.5) is 11.4 Å². The molecular formula is C55H37NO. The average Bonchev–Trinajstić information content (AvgIpc) is 3.68. The zero-order chi connectivity index (χ0) is 37.7. The van der Waals surface area contributed by atoms with Gasteiger partial charge in [-0.3, -0.25) is 0 Å². The Hall–Kier alpha value is -7.42. The van der Waals surface area contributed by atoms with Crippen molar-refractivity contribution in [2.24, 2.45) is 0 Å². The zero-order valence-electron chi connectivity index (χ0n) is 31.3. The van der Waals surface area contributed by atoms with E-state index in [9.17, 15) is 0 Å². The fourth-order valence-corrected chi connectivity index (χ4v) is 8.68. The monoisotopic (exact) mass is 727 g/mol. The Kier molecular flexibility index (Phi) is 7.93. The normalized spacial score (nSPS) is 11.6. The van der Waals surface area contributed by atoms with Crippen molar-refractivity contribution in [1.82, 2.24) is 0 Å². The second kappa shape index (κ2) is 13.7. The van der Waals surface area contributed by atoms with E-state index in [0.717, 1.165) is 49.8 Å². The van der Waals surface area contributed by atoms with E-state index < -0.39 is 0 Å². The topological polar surface area (TPSA) is 16.4 Å². The number of anilines is 2. The van der Waals surface area contributed by atoms with Crippen LogP contribution in [-0.2, 0) is 6.54 Å². The minimum absolute atomic E-state index is 0.657. The van der Waals surface area contributed by atoms with Crippen molar-refractivity contribution in [2.75, 3.05) is 4.90 Å². The summed E-state index contributed by atoms with van der Waals surface area (Å²) in [4.78, 5) is 2.45. The summed E-state index contributed by atoms with van der Waals surface area (Å²) in [5.74, 6) is 0. The lowest BCUT2D eigenvalue weighted by molar-refractivity contribution is 0.673. The van der Waals surface area contributed by atoms with Gasteiger partial charge in [0.15, 0.2) is 0 Å². The van der Waals surface area contributed by atoms with Gasteiger partial charge in [-0.15, -0.1) is 0 Å². The second-order valence-electron chi connectivity index (χ2n) is 14.9. The van der Waals surface area contributed by atoms with E-state index in [-0.39, 0.29) is 0 Å². The zero-order valence-corrected chi connectivity index (χ0v) is 31.3. The Morgan fingerprint density at radius 2 is 0.912 bits per heavy atom. The number of fused-ring (bicyclic) bond motifs is 7. The predicted octanol–water partition coefficient (Wildman–Crippen LogP) is 15.4. The summed E-state index contributed by atoms with van der Waals surface area (Å²) in [5, 5.41) is 9.57. The molecule has 2 heteroatoms. The maximum absolute atomic E-state index is 6.85. The van der Waals surface area contributed by atoms with Crippen LogP contribution in [0.5, 0.6) is 0 Å². The second-order valence-corrected chi connectivity index (χ2v) is 14.9. The van der Waals surface area contributed by atoms with Crippen LogP contribution in [0.25, 0.3) is 87.6 Å². The van der Waals surface area contributed by atoms with Gasteiger partial charge >= 0.3 is 0 Å². The molecule has 0 amide bonds. The first-order valence-electron chi connectivity index (χ1n) is 19.6. The van der Waals surface area contributed by atoms with Gasteiger partial charge in [0, 0.05) is 39.6 Å². The van der Waals surface area contributed by atoms with Gasteiger partial charge in [-0.05, 0) is 96.7 Å². The van der Waals surface area contributed by atoms with Gasteiger partial charge in [0.1, 0.15) is 11.2 Å².